The SMILES string of the molecule is COc1ccccc1C(CNC(=O)c1ccc(N2CCCC2)c([N+](=O)[O-])c1)N1CCCCC1. The van der Waals surface area contributed by atoms with Crippen molar-refractivity contribution < 1.29 is 14.5 Å². The minimum atomic E-state index is -0.393. The minimum absolute atomic E-state index is 0.0122. The van der Waals surface area contributed by atoms with E-state index < -0.39 is 4.92 Å². The Hall–Kier alpha value is -3.13. The molecule has 176 valence electrons. The van der Waals surface area contributed by atoms with E-state index in [2.05, 4.69) is 10.2 Å². The number of carbonyl (C=O) groups excluding carboxylic acids is 1. The van der Waals surface area contributed by atoms with Gasteiger partial charge >= 0.3 is 0 Å². The third-order valence-corrected chi connectivity index (χ3v) is 6.67. The molecule has 1 unspecified atom stereocenters. The molecule has 8 heteroatoms. The highest BCUT2D eigenvalue weighted by atomic mass is 16.6. The first-order valence-corrected chi connectivity index (χ1v) is 11.8. The van der Waals surface area contributed by atoms with Crippen molar-refractivity contribution in [3.05, 3.63) is 63.7 Å². The second-order valence-corrected chi connectivity index (χ2v) is 8.72. The number of methoxy groups -OCH3 is 1. The van der Waals surface area contributed by atoms with E-state index in [4.69, 9.17) is 4.74 Å². The molecule has 0 aliphatic carbocycles. The minimum Gasteiger partial charge on any atom is -0.496 e. The van der Waals surface area contributed by atoms with Gasteiger partial charge in [-0.2, -0.15) is 0 Å². The average molecular weight is 453 g/mol. The van der Waals surface area contributed by atoms with Crippen LogP contribution in [0.4, 0.5) is 11.4 Å². The number of para-hydroxylation sites is 1. The first-order chi connectivity index (χ1) is 16.1. The summed E-state index contributed by atoms with van der Waals surface area (Å²) in [6.07, 6.45) is 5.53. The van der Waals surface area contributed by atoms with Gasteiger partial charge in [-0.25, -0.2) is 0 Å². The number of likely N-dealkylation sites (tertiary alicyclic amines) is 1. The Kier molecular flexibility index (Phi) is 7.44. The Bertz CT molecular complexity index is 984. The number of hydrogen-bond acceptors (Lipinski definition) is 6. The summed E-state index contributed by atoms with van der Waals surface area (Å²) >= 11 is 0. The number of benzene rings is 2. The van der Waals surface area contributed by atoms with E-state index in [9.17, 15) is 14.9 Å². The molecule has 0 saturated carbocycles. The number of amides is 1. The van der Waals surface area contributed by atoms with Gasteiger partial charge in [-0.15, -0.1) is 0 Å². The lowest BCUT2D eigenvalue weighted by Crippen LogP contribution is -2.40. The molecule has 2 aliphatic heterocycles. The van der Waals surface area contributed by atoms with Crippen molar-refractivity contribution in [1.29, 1.82) is 0 Å². The van der Waals surface area contributed by atoms with Crippen molar-refractivity contribution in [2.75, 3.05) is 44.7 Å². The van der Waals surface area contributed by atoms with Gasteiger partial charge in [0.25, 0.3) is 11.6 Å². The van der Waals surface area contributed by atoms with Crippen molar-refractivity contribution in [3.63, 3.8) is 0 Å². The lowest BCUT2D eigenvalue weighted by Gasteiger charge is -2.35. The molecule has 0 aromatic heterocycles. The number of anilines is 1. The summed E-state index contributed by atoms with van der Waals surface area (Å²) < 4.78 is 5.59. The average Bonchev–Trinajstić information content (AvgIpc) is 3.39. The summed E-state index contributed by atoms with van der Waals surface area (Å²) in [5.41, 5.74) is 1.93. The summed E-state index contributed by atoms with van der Waals surface area (Å²) in [5, 5.41) is 14.7. The van der Waals surface area contributed by atoms with Crippen molar-refractivity contribution in [3.8, 4) is 5.75 Å². The summed E-state index contributed by atoms with van der Waals surface area (Å²) in [6, 6.07) is 12.7. The number of carbonyl (C=O) groups is 1. The zero-order valence-electron chi connectivity index (χ0n) is 19.2. The van der Waals surface area contributed by atoms with Crippen LogP contribution in [0.2, 0.25) is 0 Å². The molecule has 1 amide bonds. The zero-order valence-corrected chi connectivity index (χ0v) is 19.2. The maximum atomic E-state index is 13.0. The highest BCUT2D eigenvalue weighted by molar-refractivity contribution is 5.95. The van der Waals surface area contributed by atoms with Gasteiger partial charge in [0.1, 0.15) is 11.4 Å². The Morgan fingerprint density at radius 3 is 2.45 bits per heavy atom. The maximum Gasteiger partial charge on any atom is 0.293 e. The Balaban J connectivity index is 1.53. The van der Waals surface area contributed by atoms with E-state index in [0.29, 0.717) is 17.8 Å². The summed E-state index contributed by atoms with van der Waals surface area (Å²) in [4.78, 5) is 28.8. The molecule has 2 saturated heterocycles. The summed E-state index contributed by atoms with van der Waals surface area (Å²) in [7, 11) is 1.66. The molecule has 0 bridgehead atoms. The van der Waals surface area contributed by atoms with Crippen LogP contribution in [0.3, 0.4) is 0 Å². The third-order valence-electron chi connectivity index (χ3n) is 6.67. The number of nitrogens with zero attached hydrogens (tertiary/aromatic N) is 3. The van der Waals surface area contributed by atoms with Gasteiger partial charge in [0.15, 0.2) is 0 Å². The fourth-order valence-electron chi connectivity index (χ4n) is 4.94. The predicted molar refractivity (Wildman–Crippen MR) is 128 cm³/mol. The highest BCUT2D eigenvalue weighted by Crippen LogP contribution is 2.33. The molecule has 2 aromatic rings. The Morgan fingerprint density at radius 2 is 1.76 bits per heavy atom. The predicted octanol–water partition coefficient (Wildman–Crippen LogP) is 4.16. The number of nitrogens with one attached hydrogen (secondary N) is 1. The molecule has 4 rings (SSSR count). The van der Waals surface area contributed by atoms with E-state index in [1.54, 1.807) is 19.2 Å². The molecule has 0 radical (unpaired) electrons. The lowest BCUT2D eigenvalue weighted by atomic mass is 10.0. The van der Waals surface area contributed by atoms with Crippen LogP contribution < -0.4 is 15.0 Å². The van der Waals surface area contributed by atoms with Crippen LogP contribution in [-0.2, 0) is 0 Å². The molecular formula is C25H32N4O4. The van der Waals surface area contributed by atoms with Crippen molar-refractivity contribution in [2.45, 2.75) is 38.1 Å². The molecule has 0 spiro atoms. The fraction of sp³-hybridized carbons (Fsp3) is 0.480. The van der Waals surface area contributed by atoms with Crippen LogP contribution in [0.15, 0.2) is 42.5 Å². The Labute approximate surface area is 194 Å². The lowest BCUT2D eigenvalue weighted by molar-refractivity contribution is -0.384. The van der Waals surface area contributed by atoms with E-state index in [1.807, 2.05) is 29.2 Å². The first-order valence-electron chi connectivity index (χ1n) is 11.8. The van der Waals surface area contributed by atoms with Gasteiger partial charge in [0, 0.05) is 36.8 Å². The van der Waals surface area contributed by atoms with Crippen LogP contribution in [0, 0.1) is 10.1 Å². The standard InChI is InChI=1S/C25H32N4O4/c1-33-24-10-4-3-9-20(24)23(28-13-5-2-6-14-28)18-26-25(30)19-11-12-21(22(17-19)29(31)32)27-15-7-8-16-27/h3-4,9-12,17,23H,2,5-8,13-16,18H2,1H3,(H,26,30). The molecule has 2 heterocycles. The smallest absolute Gasteiger partial charge is 0.293 e. The molecule has 2 aliphatic rings. The monoisotopic (exact) mass is 452 g/mol. The quantitative estimate of drug-likeness (QED) is 0.478. The van der Waals surface area contributed by atoms with Crippen LogP contribution in [0.25, 0.3) is 0 Å². The molecule has 8 nitrogen and oxygen atoms in total. The van der Waals surface area contributed by atoms with Gasteiger partial charge in [-0.3, -0.25) is 19.8 Å². The number of nitro groups is 1. The normalized spacial score (nSPS) is 17.5. The van der Waals surface area contributed by atoms with Crippen molar-refractivity contribution in [1.82, 2.24) is 10.2 Å². The van der Waals surface area contributed by atoms with Crippen molar-refractivity contribution >= 4 is 17.3 Å². The van der Waals surface area contributed by atoms with Gasteiger partial charge in [0.2, 0.25) is 0 Å². The number of rotatable bonds is 8. The van der Waals surface area contributed by atoms with E-state index in [0.717, 1.165) is 63.2 Å². The van der Waals surface area contributed by atoms with Gasteiger partial charge in [-0.05, 0) is 57.0 Å². The van der Waals surface area contributed by atoms with E-state index in [-0.39, 0.29) is 17.6 Å². The molecule has 1 N–H and O–H groups in total. The number of ether oxygens (including phenoxy) is 1. The van der Waals surface area contributed by atoms with Crippen LogP contribution in [-0.4, -0.2) is 55.6 Å². The first kappa shape index (κ1) is 23.0. The molecule has 2 fully saturated rings. The van der Waals surface area contributed by atoms with Crippen LogP contribution >= 0.6 is 0 Å². The van der Waals surface area contributed by atoms with E-state index >= 15 is 0 Å². The zero-order chi connectivity index (χ0) is 23.2. The molecule has 33 heavy (non-hydrogen) atoms. The summed E-state index contributed by atoms with van der Waals surface area (Å²) in [6.45, 7) is 3.95. The van der Waals surface area contributed by atoms with Crippen LogP contribution in [0.1, 0.15) is 54.1 Å². The second-order valence-electron chi connectivity index (χ2n) is 8.72. The highest BCUT2D eigenvalue weighted by Gasteiger charge is 2.27. The fourth-order valence-corrected chi connectivity index (χ4v) is 4.94. The van der Waals surface area contributed by atoms with Crippen molar-refractivity contribution in [2.24, 2.45) is 0 Å². The number of nitro benzene ring substituents is 1. The molecule has 2 aromatic carbocycles. The van der Waals surface area contributed by atoms with E-state index in [1.165, 1.54) is 12.5 Å². The molecular weight excluding hydrogens is 420 g/mol. The van der Waals surface area contributed by atoms with Gasteiger partial charge < -0.3 is 15.0 Å². The summed E-state index contributed by atoms with van der Waals surface area (Å²) in [5.74, 6) is 0.496. The third kappa shape index (κ3) is 5.27. The van der Waals surface area contributed by atoms with Crippen LogP contribution in [0.5, 0.6) is 5.75 Å². The number of hydrogen-bond donors (Lipinski definition) is 1. The Morgan fingerprint density at radius 1 is 1.06 bits per heavy atom. The van der Waals surface area contributed by atoms with Gasteiger partial charge in [0.05, 0.1) is 18.1 Å². The second kappa shape index (κ2) is 10.7. The molecule has 1 atom stereocenters. The topological polar surface area (TPSA) is 87.9 Å². The number of piperidine rings is 1. The maximum absolute atomic E-state index is 13.0. The largest absolute Gasteiger partial charge is 0.496 e. The van der Waals surface area contributed by atoms with Gasteiger partial charge in [-0.1, -0.05) is 24.6 Å².